The third-order valence-electron chi connectivity index (χ3n) is 4.04. The van der Waals surface area contributed by atoms with Crippen LogP contribution in [0.25, 0.3) is 0 Å². The van der Waals surface area contributed by atoms with Crippen LogP contribution in [0.4, 0.5) is 0 Å². The Balaban J connectivity index is 1.75. The van der Waals surface area contributed by atoms with Gasteiger partial charge in [0.05, 0.1) is 6.07 Å². The standard InChI is InChI=1S/C12H19ClN2/c1-15(8-12(13)6-14)7-11-5-9-2-3-10(11)4-9/h9-12H,2-5,7-8H2,1H3. The van der Waals surface area contributed by atoms with Gasteiger partial charge in [-0.3, -0.25) is 0 Å². The molecule has 0 aliphatic heterocycles. The molecule has 0 amide bonds. The molecule has 0 heterocycles. The van der Waals surface area contributed by atoms with E-state index >= 15 is 0 Å². The van der Waals surface area contributed by atoms with Gasteiger partial charge in [0.2, 0.25) is 0 Å². The van der Waals surface area contributed by atoms with E-state index in [1.54, 1.807) is 0 Å². The van der Waals surface area contributed by atoms with Gasteiger partial charge in [0.1, 0.15) is 5.38 Å². The lowest BCUT2D eigenvalue weighted by atomic mass is 9.88. The molecule has 2 bridgehead atoms. The topological polar surface area (TPSA) is 27.0 Å². The van der Waals surface area contributed by atoms with Crippen molar-refractivity contribution in [2.24, 2.45) is 17.8 Å². The zero-order chi connectivity index (χ0) is 10.8. The molecule has 2 fully saturated rings. The van der Waals surface area contributed by atoms with E-state index in [1.165, 1.54) is 25.7 Å². The largest absolute Gasteiger partial charge is 0.304 e. The summed E-state index contributed by atoms with van der Waals surface area (Å²) in [6.07, 6.45) is 5.77. The summed E-state index contributed by atoms with van der Waals surface area (Å²) in [7, 11) is 2.08. The first-order valence-electron chi connectivity index (χ1n) is 5.91. The fraction of sp³-hybridized carbons (Fsp3) is 0.917. The van der Waals surface area contributed by atoms with Crippen LogP contribution < -0.4 is 0 Å². The minimum atomic E-state index is -0.353. The highest BCUT2D eigenvalue weighted by Gasteiger charge is 2.39. The van der Waals surface area contributed by atoms with Crippen molar-refractivity contribution >= 4 is 11.6 Å². The number of nitrogens with zero attached hydrogens (tertiary/aromatic N) is 2. The number of hydrogen-bond donors (Lipinski definition) is 0. The van der Waals surface area contributed by atoms with Gasteiger partial charge in [-0.25, -0.2) is 0 Å². The molecule has 0 aromatic carbocycles. The predicted octanol–water partition coefficient (Wildman–Crippen LogP) is 2.49. The van der Waals surface area contributed by atoms with Gasteiger partial charge < -0.3 is 4.90 Å². The van der Waals surface area contributed by atoms with Gasteiger partial charge in [-0.05, 0) is 44.1 Å². The van der Waals surface area contributed by atoms with Crippen molar-refractivity contribution in [1.82, 2.24) is 4.90 Å². The Labute approximate surface area is 97.2 Å². The van der Waals surface area contributed by atoms with Gasteiger partial charge in [-0.2, -0.15) is 5.26 Å². The van der Waals surface area contributed by atoms with Crippen LogP contribution in [0.3, 0.4) is 0 Å². The molecule has 0 spiro atoms. The van der Waals surface area contributed by atoms with Crippen molar-refractivity contribution in [3.63, 3.8) is 0 Å². The molecule has 4 unspecified atom stereocenters. The molecule has 2 rings (SSSR count). The summed E-state index contributed by atoms with van der Waals surface area (Å²) < 4.78 is 0. The predicted molar refractivity (Wildman–Crippen MR) is 61.7 cm³/mol. The van der Waals surface area contributed by atoms with Crippen LogP contribution >= 0.6 is 11.6 Å². The average molecular weight is 227 g/mol. The van der Waals surface area contributed by atoms with E-state index < -0.39 is 0 Å². The highest BCUT2D eigenvalue weighted by molar-refractivity contribution is 6.22. The molecule has 84 valence electrons. The molecule has 0 radical (unpaired) electrons. The van der Waals surface area contributed by atoms with E-state index in [-0.39, 0.29) is 5.38 Å². The summed E-state index contributed by atoms with van der Waals surface area (Å²) in [5.41, 5.74) is 0. The van der Waals surface area contributed by atoms with Crippen LogP contribution in [0.15, 0.2) is 0 Å². The van der Waals surface area contributed by atoms with Crippen molar-refractivity contribution in [3.05, 3.63) is 0 Å². The second-order valence-corrected chi connectivity index (χ2v) is 5.78. The molecule has 2 aliphatic carbocycles. The molecular formula is C12H19ClN2. The third kappa shape index (κ3) is 2.65. The maximum Gasteiger partial charge on any atom is 0.133 e. The molecule has 0 aromatic heterocycles. The van der Waals surface area contributed by atoms with Crippen LogP contribution in [0.2, 0.25) is 0 Å². The summed E-state index contributed by atoms with van der Waals surface area (Å²) in [5, 5.41) is 8.29. The number of nitriles is 1. The molecule has 2 nitrogen and oxygen atoms in total. The van der Waals surface area contributed by atoms with Crippen molar-refractivity contribution in [1.29, 1.82) is 5.26 Å². The fourth-order valence-electron chi connectivity index (χ4n) is 3.39. The van der Waals surface area contributed by atoms with Crippen molar-refractivity contribution in [2.75, 3.05) is 20.1 Å². The maximum absolute atomic E-state index is 8.64. The highest BCUT2D eigenvalue weighted by atomic mass is 35.5. The first-order valence-corrected chi connectivity index (χ1v) is 6.35. The van der Waals surface area contributed by atoms with E-state index in [2.05, 4.69) is 18.0 Å². The van der Waals surface area contributed by atoms with Gasteiger partial charge in [0.25, 0.3) is 0 Å². The van der Waals surface area contributed by atoms with Crippen LogP contribution in [-0.2, 0) is 0 Å². The number of halogens is 1. The first kappa shape index (κ1) is 11.2. The van der Waals surface area contributed by atoms with Gasteiger partial charge in [-0.1, -0.05) is 6.42 Å². The van der Waals surface area contributed by atoms with Crippen LogP contribution in [0.5, 0.6) is 0 Å². The van der Waals surface area contributed by atoms with E-state index in [0.717, 1.165) is 24.3 Å². The van der Waals surface area contributed by atoms with Crippen molar-refractivity contribution in [3.8, 4) is 6.07 Å². The third-order valence-corrected chi connectivity index (χ3v) is 4.28. The van der Waals surface area contributed by atoms with Crippen LogP contribution in [-0.4, -0.2) is 30.4 Å². The molecular weight excluding hydrogens is 208 g/mol. The molecule has 3 heteroatoms. The Kier molecular flexibility index (Phi) is 3.53. The molecule has 0 aromatic rings. The smallest absolute Gasteiger partial charge is 0.133 e. The molecule has 0 N–H and O–H groups in total. The zero-order valence-electron chi connectivity index (χ0n) is 9.32. The van der Waals surface area contributed by atoms with Crippen molar-refractivity contribution < 1.29 is 0 Å². The Hall–Kier alpha value is -0.260. The van der Waals surface area contributed by atoms with Gasteiger partial charge >= 0.3 is 0 Å². The summed E-state index contributed by atoms with van der Waals surface area (Å²) in [6.45, 7) is 1.83. The summed E-state index contributed by atoms with van der Waals surface area (Å²) in [5.74, 6) is 2.85. The van der Waals surface area contributed by atoms with E-state index in [9.17, 15) is 0 Å². The van der Waals surface area contributed by atoms with E-state index in [0.29, 0.717) is 6.54 Å². The number of alkyl halides is 1. The maximum atomic E-state index is 8.64. The lowest BCUT2D eigenvalue weighted by Crippen LogP contribution is -2.32. The molecule has 15 heavy (non-hydrogen) atoms. The summed E-state index contributed by atoms with van der Waals surface area (Å²) in [6, 6.07) is 2.08. The monoisotopic (exact) mass is 226 g/mol. The molecule has 0 saturated heterocycles. The van der Waals surface area contributed by atoms with Gasteiger partial charge in [-0.15, -0.1) is 11.6 Å². The minimum Gasteiger partial charge on any atom is -0.304 e. The van der Waals surface area contributed by atoms with Crippen molar-refractivity contribution in [2.45, 2.75) is 31.1 Å². The zero-order valence-corrected chi connectivity index (χ0v) is 10.1. The normalized spacial score (nSPS) is 35.7. The molecule has 2 aliphatic rings. The lowest BCUT2D eigenvalue weighted by molar-refractivity contribution is 0.223. The SMILES string of the molecule is CN(CC(Cl)C#N)CC1CC2CCC1C2. The quantitative estimate of drug-likeness (QED) is 0.689. The molecule has 2 saturated carbocycles. The average Bonchev–Trinajstić information content (AvgIpc) is 2.78. The molecule has 4 atom stereocenters. The number of hydrogen-bond acceptors (Lipinski definition) is 2. The Morgan fingerprint density at radius 3 is 2.80 bits per heavy atom. The Morgan fingerprint density at radius 2 is 2.27 bits per heavy atom. The first-order chi connectivity index (χ1) is 7.19. The number of rotatable bonds is 4. The van der Waals surface area contributed by atoms with Gasteiger partial charge in [0.15, 0.2) is 0 Å². The minimum absolute atomic E-state index is 0.353. The fourth-order valence-corrected chi connectivity index (χ4v) is 3.63. The van der Waals surface area contributed by atoms with E-state index in [4.69, 9.17) is 16.9 Å². The Morgan fingerprint density at radius 1 is 1.47 bits per heavy atom. The van der Waals surface area contributed by atoms with Crippen LogP contribution in [0.1, 0.15) is 25.7 Å². The second-order valence-electron chi connectivity index (χ2n) is 5.25. The van der Waals surface area contributed by atoms with Crippen LogP contribution in [0, 0.1) is 29.1 Å². The van der Waals surface area contributed by atoms with E-state index in [1.807, 2.05) is 0 Å². The summed E-state index contributed by atoms with van der Waals surface area (Å²) in [4.78, 5) is 2.23. The lowest BCUT2D eigenvalue weighted by Gasteiger charge is -2.27. The summed E-state index contributed by atoms with van der Waals surface area (Å²) >= 11 is 5.82. The highest BCUT2D eigenvalue weighted by Crippen LogP contribution is 2.48. The second kappa shape index (κ2) is 4.72. The number of fused-ring (bicyclic) bond motifs is 2. The van der Waals surface area contributed by atoms with Gasteiger partial charge in [0, 0.05) is 13.1 Å². The Bertz CT molecular complexity index is 261.